The minimum absolute atomic E-state index is 0. The van der Waals surface area contributed by atoms with Crippen molar-refractivity contribution in [1.29, 1.82) is 0 Å². The number of carbonyl (C=O) groups is 1. The Balaban J connectivity index is 0.00000529. The van der Waals surface area contributed by atoms with E-state index in [0.29, 0.717) is 18.4 Å². The number of nitrogens with zero attached hydrogens (tertiary/aromatic N) is 2. The fourth-order valence-corrected chi connectivity index (χ4v) is 1.94. The van der Waals surface area contributed by atoms with E-state index in [9.17, 15) is 4.79 Å². The Morgan fingerprint density at radius 3 is 2.58 bits per heavy atom. The third-order valence-electron chi connectivity index (χ3n) is 3.37. The van der Waals surface area contributed by atoms with E-state index in [0.717, 1.165) is 25.1 Å². The molecule has 2 N–H and O–H groups in total. The van der Waals surface area contributed by atoms with Crippen molar-refractivity contribution in [3.05, 3.63) is 24.2 Å². The van der Waals surface area contributed by atoms with Crippen LogP contribution in [0.1, 0.15) is 32.4 Å². The third kappa shape index (κ3) is 10.5. The Bertz CT molecular complexity index is 473. The predicted molar refractivity (Wildman–Crippen MR) is 109 cm³/mol. The van der Waals surface area contributed by atoms with E-state index in [1.165, 1.54) is 6.42 Å². The van der Waals surface area contributed by atoms with Gasteiger partial charge in [-0.15, -0.1) is 24.0 Å². The van der Waals surface area contributed by atoms with E-state index < -0.39 is 0 Å². The average Bonchev–Trinajstić information content (AvgIpc) is 3.00. The molecule has 0 spiro atoms. The number of rotatable bonds is 9. The first-order chi connectivity index (χ1) is 11.0. The zero-order valence-corrected chi connectivity index (χ0v) is 17.5. The molecule has 0 saturated carbocycles. The van der Waals surface area contributed by atoms with Crippen LogP contribution in [0.2, 0.25) is 0 Å². The molecule has 0 saturated heterocycles. The average molecular weight is 450 g/mol. The topological polar surface area (TPSA) is 69.9 Å². The molecule has 6 nitrogen and oxygen atoms in total. The van der Waals surface area contributed by atoms with Gasteiger partial charge in [-0.2, -0.15) is 0 Å². The first-order valence-electron chi connectivity index (χ1n) is 8.23. The number of nitrogens with one attached hydrogen (secondary N) is 2. The van der Waals surface area contributed by atoms with E-state index in [1.807, 2.05) is 12.1 Å². The summed E-state index contributed by atoms with van der Waals surface area (Å²) >= 11 is 0. The van der Waals surface area contributed by atoms with Crippen molar-refractivity contribution in [3.8, 4) is 0 Å². The first kappa shape index (κ1) is 22.8. The van der Waals surface area contributed by atoms with Crippen LogP contribution in [-0.4, -0.2) is 50.5 Å². The molecule has 0 radical (unpaired) electrons. The van der Waals surface area contributed by atoms with Crippen LogP contribution in [0.15, 0.2) is 27.8 Å². The highest BCUT2D eigenvalue weighted by Gasteiger charge is 2.05. The molecule has 138 valence electrons. The van der Waals surface area contributed by atoms with Gasteiger partial charge < -0.3 is 20.0 Å². The van der Waals surface area contributed by atoms with Gasteiger partial charge in [0.25, 0.3) is 0 Å². The maximum Gasteiger partial charge on any atom is 0.243 e. The second-order valence-corrected chi connectivity index (χ2v) is 6.17. The number of halogens is 1. The number of likely N-dealkylation sites (N-methyl/N-ethyl adjacent to an activating group) is 1. The van der Waals surface area contributed by atoms with Gasteiger partial charge in [-0.3, -0.25) is 4.79 Å². The summed E-state index contributed by atoms with van der Waals surface area (Å²) in [6.45, 7) is 6.13. The molecular weight excluding hydrogens is 419 g/mol. The molecule has 24 heavy (non-hydrogen) atoms. The zero-order valence-electron chi connectivity index (χ0n) is 15.2. The monoisotopic (exact) mass is 450 g/mol. The second-order valence-electron chi connectivity index (χ2n) is 6.17. The molecule has 0 unspecified atom stereocenters. The summed E-state index contributed by atoms with van der Waals surface area (Å²) in [4.78, 5) is 17.6. The molecule has 0 atom stereocenters. The van der Waals surface area contributed by atoms with Gasteiger partial charge in [0.15, 0.2) is 5.96 Å². The van der Waals surface area contributed by atoms with Crippen molar-refractivity contribution in [1.82, 2.24) is 15.5 Å². The summed E-state index contributed by atoms with van der Waals surface area (Å²) in [5, 5.41) is 6.54. The van der Waals surface area contributed by atoms with Crippen LogP contribution in [0.3, 0.4) is 0 Å². The lowest BCUT2D eigenvalue weighted by atomic mass is 10.1. The van der Waals surface area contributed by atoms with E-state index in [2.05, 4.69) is 29.5 Å². The number of hydrogen-bond donors (Lipinski definition) is 2. The summed E-state index contributed by atoms with van der Waals surface area (Å²) in [5.74, 6) is 2.29. The van der Waals surface area contributed by atoms with Crippen LogP contribution >= 0.6 is 24.0 Å². The minimum Gasteiger partial charge on any atom is -0.469 e. The van der Waals surface area contributed by atoms with Gasteiger partial charge >= 0.3 is 0 Å². The quantitative estimate of drug-likeness (QED) is 0.263. The Kier molecular flexibility index (Phi) is 12.4. The number of aliphatic imine (C=N–C) groups is 1. The van der Waals surface area contributed by atoms with Crippen LogP contribution in [0.5, 0.6) is 0 Å². The molecular formula is C17H31IN4O2. The highest BCUT2D eigenvalue weighted by Crippen LogP contribution is 2.02. The smallest absolute Gasteiger partial charge is 0.243 e. The summed E-state index contributed by atoms with van der Waals surface area (Å²) in [7, 11) is 3.47. The van der Waals surface area contributed by atoms with Crippen molar-refractivity contribution in [3.63, 3.8) is 0 Å². The Hall–Kier alpha value is -1.25. The van der Waals surface area contributed by atoms with Crippen LogP contribution in [0.25, 0.3) is 0 Å². The maximum absolute atomic E-state index is 11.7. The highest BCUT2D eigenvalue weighted by molar-refractivity contribution is 14.0. The van der Waals surface area contributed by atoms with Gasteiger partial charge in [0.1, 0.15) is 12.3 Å². The number of furan rings is 1. The number of amides is 1. The van der Waals surface area contributed by atoms with Crippen LogP contribution in [0, 0.1) is 5.92 Å². The summed E-state index contributed by atoms with van der Waals surface area (Å²) < 4.78 is 5.31. The fourth-order valence-electron chi connectivity index (χ4n) is 1.94. The first-order valence-corrected chi connectivity index (χ1v) is 8.23. The van der Waals surface area contributed by atoms with Crippen LogP contribution in [-0.2, 0) is 11.2 Å². The molecule has 1 rings (SSSR count). The molecule has 0 aromatic carbocycles. The van der Waals surface area contributed by atoms with Crippen LogP contribution < -0.4 is 10.6 Å². The minimum atomic E-state index is -0.0145. The van der Waals surface area contributed by atoms with Crippen molar-refractivity contribution >= 4 is 35.8 Å². The molecule has 1 aromatic rings. The predicted octanol–water partition coefficient (Wildman–Crippen LogP) is 2.50. The standard InChI is InChI=1S/C17H30N4O2.HI/c1-14(2)7-5-10-18-17(20-13-16(22)21(3)4)19-11-9-15-8-6-12-23-15;/h6,8,12,14H,5,7,9-11,13H2,1-4H3,(H2,18,19,20);1H. The Morgan fingerprint density at radius 1 is 1.29 bits per heavy atom. The second kappa shape index (κ2) is 13.1. The molecule has 0 aliphatic rings. The van der Waals surface area contributed by atoms with Crippen molar-refractivity contribution in [2.75, 3.05) is 33.7 Å². The normalized spacial score (nSPS) is 11.1. The lowest BCUT2D eigenvalue weighted by molar-refractivity contribution is -0.127. The molecule has 0 bridgehead atoms. The van der Waals surface area contributed by atoms with Crippen molar-refractivity contribution in [2.24, 2.45) is 10.9 Å². The lowest BCUT2D eigenvalue weighted by Crippen LogP contribution is -2.40. The molecule has 1 aromatic heterocycles. The molecule has 7 heteroatoms. The van der Waals surface area contributed by atoms with E-state index in [4.69, 9.17) is 4.42 Å². The van der Waals surface area contributed by atoms with Gasteiger partial charge in [0, 0.05) is 33.6 Å². The molecule has 0 aliphatic heterocycles. The fraction of sp³-hybridized carbons (Fsp3) is 0.647. The van der Waals surface area contributed by atoms with Crippen molar-refractivity contribution in [2.45, 2.75) is 33.1 Å². The third-order valence-corrected chi connectivity index (χ3v) is 3.37. The molecule has 1 heterocycles. The summed E-state index contributed by atoms with van der Waals surface area (Å²) in [6, 6.07) is 3.83. The number of guanidine groups is 1. The highest BCUT2D eigenvalue weighted by atomic mass is 127. The molecule has 0 fully saturated rings. The van der Waals surface area contributed by atoms with Gasteiger partial charge in [0.2, 0.25) is 5.91 Å². The molecule has 1 amide bonds. The van der Waals surface area contributed by atoms with E-state index in [1.54, 1.807) is 25.3 Å². The Morgan fingerprint density at radius 2 is 2.00 bits per heavy atom. The van der Waals surface area contributed by atoms with Gasteiger partial charge in [0.05, 0.1) is 6.26 Å². The van der Waals surface area contributed by atoms with Crippen molar-refractivity contribution < 1.29 is 9.21 Å². The Labute approximate surface area is 162 Å². The zero-order chi connectivity index (χ0) is 17.1. The number of carbonyl (C=O) groups excluding carboxylic acids is 1. The molecule has 0 aliphatic carbocycles. The van der Waals surface area contributed by atoms with Gasteiger partial charge in [-0.05, 0) is 30.9 Å². The SMILES string of the molecule is CC(C)CCCNC(=NCC(=O)N(C)C)NCCc1ccco1.I. The van der Waals surface area contributed by atoms with E-state index >= 15 is 0 Å². The summed E-state index contributed by atoms with van der Waals surface area (Å²) in [6.07, 6.45) is 4.70. The lowest BCUT2D eigenvalue weighted by Gasteiger charge is -2.14. The van der Waals surface area contributed by atoms with Crippen LogP contribution in [0.4, 0.5) is 0 Å². The van der Waals surface area contributed by atoms with E-state index in [-0.39, 0.29) is 36.4 Å². The summed E-state index contributed by atoms with van der Waals surface area (Å²) in [5.41, 5.74) is 0. The maximum atomic E-state index is 11.7. The van der Waals surface area contributed by atoms with Gasteiger partial charge in [-0.25, -0.2) is 4.99 Å². The largest absolute Gasteiger partial charge is 0.469 e. The van der Waals surface area contributed by atoms with Gasteiger partial charge in [-0.1, -0.05) is 13.8 Å². The number of hydrogen-bond acceptors (Lipinski definition) is 3.